The van der Waals surface area contributed by atoms with Gasteiger partial charge in [-0.15, -0.1) is 5.10 Å². The van der Waals surface area contributed by atoms with Crippen LogP contribution in [0.3, 0.4) is 0 Å². The summed E-state index contributed by atoms with van der Waals surface area (Å²) in [7, 11) is 0. The second kappa shape index (κ2) is 10.2. The van der Waals surface area contributed by atoms with Gasteiger partial charge < -0.3 is 15.0 Å². The Hall–Kier alpha value is -2.48. The molecule has 7 nitrogen and oxygen atoms in total. The van der Waals surface area contributed by atoms with Crippen molar-refractivity contribution in [1.29, 1.82) is 0 Å². The lowest BCUT2D eigenvalue weighted by molar-refractivity contribution is -0.127. The Morgan fingerprint density at radius 1 is 1.16 bits per heavy atom. The molecule has 2 aliphatic rings. The molecular weight excluding hydrogens is 412 g/mol. The largest absolute Gasteiger partial charge is 0.494 e. The molecule has 31 heavy (non-hydrogen) atoms. The second-order valence-corrected chi connectivity index (χ2v) is 8.91. The van der Waals surface area contributed by atoms with Gasteiger partial charge in [0.2, 0.25) is 5.91 Å². The first-order valence-corrected chi connectivity index (χ1v) is 12.1. The Balaban J connectivity index is 1.76. The van der Waals surface area contributed by atoms with Crippen LogP contribution in [0.15, 0.2) is 29.6 Å². The number of aromatic nitrogens is 2. The van der Waals surface area contributed by atoms with Crippen LogP contribution in [0, 0.1) is 0 Å². The van der Waals surface area contributed by atoms with E-state index in [1.807, 2.05) is 31.2 Å². The van der Waals surface area contributed by atoms with E-state index in [0.717, 1.165) is 68.5 Å². The summed E-state index contributed by atoms with van der Waals surface area (Å²) >= 11 is 1.15. The molecule has 0 aliphatic heterocycles. The number of ether oxygens (including phenoxy) is 1. The van der Waals surface area contributed by atoms with Crippen molar-refractivity contribution >= 4 is 23.3 Å². The average Bonchev–Trinajstić information content (AvgIpc) is 3.56. The van der Waals surface area contributed by atoms with Crippen LogP contribution in [0.25, 0.3) is 0 Å². The molecule has 1 atom stereocenters. The third-order valence-electron chi connectivity index (χ3n) is 6.27. The number of nitrogens with one attached hydrogen (secondary N) is 1. The van der Waals surface area contributed by atoms with Gasteiger partial charge in [-0.1, -0.05) is 48.4 Å². The van der Waals surface area contributed by atoms with Crippen LogP contribution < -0.4 is 10.1 Å². The van der Waals surface area contributed by atoms with Crippen molar-refractivity contribution in [3.63, 3.8) is 0 Å². The molecule has 0 bridgehead atoms. The fourth-order valence-electron chi connectivity index (χ4n) is 4.83. The van der Waals surface area contributed by atoms with Crippen molar-refractivity contribution in [3.8, 4) is 5.75 Å². The van der Waals surface area contributed by atoms with Crippen molar-refractivity contribution < 1.29 is 14.3 Å². The van der Waals surface area contributed by atoms with Crippen LogP contribution in [0.1, 0.15) is 80.4 Å². The maximum absolute atomic E-state index is 13.7. The molecule has 0 unspecified atom stereocenters. The van der Waals surface area contributed by atoms with Crippen molar-refractivity contribution in [1.82, 2.24) is 19.8 Å². The molecule has 1 N–H and O–H groups in total. The smallest absolute Gasteiger partial charge is 0.276 e. The monoisotopic (exact) mass is 442 g/mol. The number of carbonyl (C=O) groups is 2. The summed E-state index contributed by atoms with van der Waals surface area (Å²) in [6, 6.07) is 6.95. The summed E-state index contributed by atoms with van der Waals surface area (Å²) in [5.41, 5.74) is 1.02. The molecule has 2 saturated carbocycles. The molecule has 0 saturated heterocycles. The van der Waals surface area contributed by atoms with Gasteiger partial charge in [0.05, 0.1) is 6.61 Å². The van der Waals surface area contributed by atoms with E-state index in [2.05, 4.69) is 14.9 Å². The molecule has 2 fully saturated rings. The molecule has 2 aliphatic carbocycles. The van der Waals surface area contributed by atoms with E-state index in [4.69, 9.17) is 4.74 Å². The van der Waals surface area contributed by atoms with Gasteiger partial charge >= 0.3 is 0 Å². The van der Waals surface area contributed by atoms with Gasteiger partial charge in [0, 0.05) is 23.0 Å². The molecule has 166 valence electrons. The van der Waals surface area contributed by atoms with E-state index in [0.29, 0.717) is 18.1 Å². The molecule has 1 aromatic carbocycles. The highest BCUT2D eigenvalue weighted by Crippen LogP contribution is 2.37. The lowest BCUT2D eigenvalue weighted by atomic mass is 9.99. The lowest BCUT2D eigenvalue weighted by Gasteiger charge is -2.36. The van der Waals surface area contributed by atoms with Gasteiger partial charge in [0.15, 0.2) is 5.69 Å². The third-order valence-corrected chi connectivity index (χ3v) is 6.78. The first-order valence-electron chi connectivity index (χ1n) is 11.3. The van der Waals surface area contributed by atoms with Gasteiger partial charge in [-0.3, -0.25) is 9.59 Å². The Kier molecular flexibility index (Phi) is 7.17. The van der Waals surface area contributed by atoms with Crippen LogP contribution in [0.5, 0.6) is 5.75 Å². The summed E-state index contributed by atoms with van der Waals surface area (Å²) in [4.78, 5) is 29.1. The first-order chi connectivity index (χ1) is 15.2. The normalized spacial score (nSPS) is 18.1. The Bertz CT molecular complexity index is 877. The fourth-order valence-corrected chi connectivity index (χ4v) is 5.26. The maximum atomic E-state index is 13.7. The highest BCUT2D eigenvalue weighted by atomic mass is 32.1. The molecule has 4 rings (SSSR count). The molecule has 0 radical (unpaired) electrons. The zero-order valence-electron chi connectivity index (χ0n) is 18.0. The molecule has 1 heterocycles. The van der Waals surface area contributed by atoms with Gasteiger partial charge in [0.1, 0.15) is 11.8 Å². The lowest BCUT2D eigenvalue weighted by Crippen LogP contribution is -2.49. The zero-order valence-corrected chi connectivity index (χ0v) is 18.8. The summed E-state index contributed by atoms with van der Waals surface area (Å²) < 4.78 is 9.76. The predicted molar refractivity (Wildman–Crippen MR) is 119 cm³/mol. The molecule has 2 aromatic rings. The molecule has 8 heteroatoms. The van der Waals surface area contributed by atoms with Crippen molar-refractivity contribution in [2.45, 2.75) is 76.4 Å². The Morgan fingerprint density at radius 3 is 2.55 bits per heavy atom. The number of hydrogen-bond acceptors (Lipinski definition) is 6. The molecule has 2 amide bonds. The third kappa shape index (κ3) is 4.89. The number of rotatable bonds is 8. The number of hydrogen-bond donors (Lipinski definition) is 1. The highest BCUT2D eigenvalue weighted by Gasteiger charge is 2.40. The number of benzene rings is 1. The quantitative estimate of drug-likeness (QED) is 0.665. The summed E-state index contributed by atoms with van der Waals surface area (Å²) in [5, 5.41) is 8.91. The van der Waals surface area contributed by atoms with Crippen LogP contribution in [-0.4, -0.2) is 45.0 Å². The van der Waals surface area contributed by atoms with E-state index in [1.165, 1.54) is 0 Å². The topological polar surface area (TPSA) is 84.4 Å². The highest BCUT2D eigenvalue weighted by molar-refractivity contribution is 7.03. The predicted octanol–water partition coefficient (Wildman–Crippen LogP) is 4.12. The van der Waals surface area contributed by atoms with Crippen molar-refractivity contribution in [3.05, 3.63) is 40.9 Å². The van der Waals surface area contributed by atoms with Crippen molar-refractivity contribution in [2.24, 2.45) is 0 Å². The number of nitrogens with zero attached hydrogens (tertiary/aromatic N) is 3. The van der Waals surface area contributed by atoms with Gasteiger partial charge in [-0.25, -0.2) is 0 Å². The van der Waals surface area contributed by atoms with E-state index in [-0.39, 0.29) is 23.9 Å². The molecular formula is C23H30N4O3S. The Morgan fingerprint density at radius 2 is 1.87 bits per heavy atom. The van der Waals surface area contributed by atoms with E-state index < -0.39 is 6.04 Å². The number of para-hydroxylation sites is 1. The number of carbonyl (C=O) groups excluding carboxylic acids is 2. The van der Waals surface area contributed by atoms with Crippen LogP contribution in [0.4, 0.5) is 0 Å². The maximum Gasteiger partial charge on any atom is 0.276 e. The number of amides is 2. The van der Waals surface area contributed by atoms with Crippen LogP contribution in [0.2, 0.25) is 0 Å². The van der Waals surface area contributed by atoms with Gasteiger partial charge in [-0.05, 0) is 50.2 Å². The van der Waals surface area contributed by atoms with E-state index >= 15 is 0 Å². The minimum absolute atomic E-state index is 0.0109. The SMILES string of the molecule is CCOc1ccccc1[C@H](C(=O)NC1CCCC1)N(C(=O)c1csnn1)C1CCCC1. The molecule has 1 aromatic heterocycles. The fraction of sp³-hybridized carbons (Fsp3) is 0.565. The van der Waals surface area contributed by atoms with Gasteiger partial charge in [0.25, 0.3) is 5.91 Å². The molecule has 0 spiro atoms. The van der Waals surface area contributed by atoms with E-state index in [9.17, 15) is 9.59 Å². The average molecular weight is 443 g/mol. The second-order valence-electron chi connectivity index (χ2n) is 8.30. The van der Waals surface area contributed by atoms with Crippen molar-refractivity contribution in [2.75, 3.05) is 6.61 Å². The minimum Gasteiger partial charge on any atom is -0.494 e. The summed E-state index contributed by atoms with van der Waals surface area (Å²) in [6.07, 6.45) is 8.09. The first kappa shape index (κ1) is 21.7. The Labute approximate surface area is 187 Å². The van der Waals surface area contributed by atoms with E-state index in [1.54, 1.807) is 10.3 Å². The van der Waals surface area contributed by atoms with Crippen LogP contribution in [-0.2, 0) is 4.79 Å². The summed E-state index contributed by atoms with van der Waals surface area (Å²) in [6.45, 7) is 2.41. The standard InChI is InChI=1S/C23H30N4O3S/c1-2-30-20-14-8-7-13-18(20)21(22(28)24-16-9-3-4-10-16)27(17-11-5-6-12-17)23(29)19-15-31-26-25-19/h7-8,13-17,21H,2-6,9-12H2,1H3,(H,24,28)/t21-/m1/s1. The minimum atomic E-state index is -0.763. The zero-order chi connectivity index (χ0) is 21.6. The van der Waals surface area contributed by atoms with Crippen LogP contribution >= 0.6 is 11.5 Å². The summed E-state index contributed by atoms with van der Waals surface area (Å²) in [5.74, 6) is 0.268. The van der Waals surface area contributed by atoms with Gasteiger partial charge in [-0.2, -0.15) is 0 Å².